The highest BCUT2D eigenvalue weighted by molar-refractivity contribution is 7.98. The van der Waals surface area contributed by atoms with Gasteiger partial charge in [0.15, 0.2) is 0 Å². The Kier molecular flexibility index (Phi) is 4.34. The van der Waals surface area contributed by atoms with Crippen molar-refractivity contribution in [1.29, 1.82) is 0 Å². The predicted octanol–water partition coefficient (Wildman–Crippen LogP) is 3.23. The van der Waals surface area contributed by atoms with E-state index in [1.54, 1.807) is 23.6 Å². The zero-order valence-corrected chi connectivity index (χ0v) is 15.6. The average molecular weight is 366 g/mol. The van der Waals surface area contributed by atoms with Crippen LogP contribution in [-0.4, -0.2) is 36.7 Å². The number of aryl methyl sites for hydroxylation is 2. The minimum atomic E-state index is 0.676. The van der Waals surface area contributed by atoms with Gasteiger partial charge in [-0.15, -0.1) is 5.10 Å². The molecule has 26 heavy (non-hydrogen) atoms. The summed E-state index contributed by atoms with van der Waals surface area (Å²) in [5.74, 6) is 1.41. The molecule has 7 nitrogen and oxygen atoms in total. The van der Waals surface area contributed by atoms with E-state index in [0.29, 0.717) is 10.9 Å². The van der Waals surface area contributed by atoms with Crippen LogP contribution in [0.5, 0.6) is 5.75 Å². The molecule has 3 heterocycles. The Labute approximate surface area is 155 Å². The monoisotopic (exact) mass is 366 g/mol. The first-order chi connectivity index (χ1) is 12.7. The number of nitrogens with zero attached hydrogens (tertiary/aromatic N) is 6. The number of hydrogen-bond donors (Lipinski definition) is 0. The van der Waals surface area contributed by atoms with Crippen molar-refractivity contribution in [3.05, 3.63) is 59.5 Å². The van der Waals surface area contributed by atoms with Crippen LogP contribution < -0.4 is 4.74 Å². The highest BCUT2D eigenvalue weighted by Gasteiger charge is 2.14. The van der Waals surface area contributed by atoms with Crippen molar-refractivity contribution in [1.82, 2.24) is 29.6 Å². The number of aromatic nitrogens is 6. The molecule has 0 amide bonds. The molecule has 3 aromatic heterocycles. The summed E-state index contributed by atoms with van der Waals surface area (Å²) < 4.78 is 9.20. The van der Waals surface area contributed by atoms with Crippen LogP contribution in [-0.2, 0) is 5.75 Å². The second kappa shape index (κ2) is 6.80. The summed E-state index contributed by atoms with van der Waals surface area (Å²) in [5.41, 5.74) is 5.05. The molecule has 0 spiro atoms. The van der Waals surface area contributed by atoms with E-state index in [0.717, 1.165) is 33.9 Å². The molecule has 4 rings (SSSR count). The number of rotatable bonds is 5. The van der Waals surface area contributed by atoms with Gasteiger partial charge >= 0.3 is 0 Å². The number of hydrogen-bond acceptors (Lipinski definition) is 6. The van der Waals surface area contributed by atoms with Crippen molar-refractivity contribution in [2.24, 2.45) is 0 Å². The van der Waals surface area contributed by atoms with Crippen molar-refractivity contribution >= 4 is 17.4 Å². The van der Waals surface area contributed by atoms with Crippen LogP contribution >= 0.6 is 11.8 Å². The quantitative estimate of drug-likeness (QED) is 0.505. The zero-order chi connectivity index (χ0) is 18.1. The SMILES string of the molecule is COc1ccc(C)cc1-n1nnnc1SCc1cn2cccc(C)c2n1. The van der Waals surface area contributed by atoms with Crippen LogP contribution in [0.25, 0.3) is 11.3 Å². The van der Waals surface area contributed by atoms with Gasteiger partial charge in [-0.05, 0) is 53.6 Å². The third-order valence-electron chi connectivity index (χ3n) is 4.08. The molecule has 4 aromatic rings. The number of fused-ring (bicyclic) bond motifs is 1. The third-order valence-corrected chi connectivity index (χ3v) is 5.03. The molecule has 0 saturated carbocycles. The van der Waals surface area contributed by atoms with Crippen molar-refractivity contribution in [3.63, 3.8) is 0 Å². The van der Waals surface area contributed by atoms with Gasteiger partial charge in [0, 0.05) is 18.1 Å². The van der Waals surface area contributed by atoms with E-state index in [1.807, 2.05) is 48.0 Å². The minimum absolute atomic E-state index is 0.676. The predicted molar refractivity (Wildman–Crippen MR) is 99.9 cm³/mol. The van der Waals surface area contributed by atoms with E-state index in [2.05, 4.69) is 28.5 Å². The molecule has 0 bridgehead atoms. The second-order valence-electron chi connectivity index (χ2n) is 5.99. The molecule has 0 aliphatic carbocycles. The van der Waals surface area contributed by atoms with Crippen LogP contribution in [0.15, 0.2) is 47.9 Å². The van der Waals surface area contributed by atoms with Crippen molar-refractivity contribution in [3.8, 4) is 11.4 Å². The molecule has 0 aliphatic heterocycles. The van der Waals surface area contributed by atoms with Gasteiger partial charge in [-0.2, -0.15) is 4.68 Å². The minimum Gasteiger partial charge on any atom is -0.494 e. The standard InChI is InChI=1S/C18H18N6OS/c1-12-6-7-16(25-3)15(9-12)24-18(20-21-22-24)26-11-14-10-23-8-4-5-13(2)17(23)19-14/h4-10H,11H2,1-3H3. The summed E-state index contributed by atoms with van der Waals surface area (Å²) >= 11 is 1.54. The largest absolute Gasteiger partial charge is 0.494 e. The molecule has 0 N–H and O–H groups in total. The number of ether oxygens (including phenoxy) is 1. The van der Waals surface area contributed by atoms with Crippen LogP contribution in [0.2, 0.25) is 0 Å². The average Bonchev–Trinajstić information content (AvgIpc) is 3.27. The maximum absolute atomic E-state index is 5.45. The molecule has 8 heteroatoms. The maximum atomic E-state index is 5.45. The highest BCUT2D eigenvalue weighted by atomic mass is 32.2. The number of pyridine rings is 1. The van der Waals surface area contributed by atoms with Crippen molar-refractivity contribution in [2.45, 2.75) is 24.8 Å². The molecule has 0 aliphatic rings. The molecular formula is C18H18N6OS. The molecular weight excluding hydrogens is 348 g/mol. The Morgan fingerprint density at radius 3 is 2.88 bits per heavy atom. The van der Waals surface area contributed by atoms with Gasteiger partial charge in [0.05, 0.1) is 12.8 Å². The number of benzene rings is 1. The van der Waals surface area contributed by atoms with E-state index in [4.69, 9.17) is 9.72 Å². The number of imidazole rings is 1. The first kappa shape index (κ1) is 16.6. The summed E-state index contributed by atoms with van der Waals surface area (Å²) in [5, 5.41) is 12.8. The first-order valence-corrected chi connectivity index (χ1v) is 9.13. The summed E-state index contributed by atoms with van der Waals surface area (Å²) in [6, 6.07) is 10.0. The van der Waals surface area contributed by atoms with Crippen molar-refractivity contribution < 1.29 is 4.74 Å². The van der Waals surface area contributed by atoms with Gasteiger partial charge < -0.3 is 9.14 Å². The lowest BCUT2D eigenvalue weighted by Crippen LogP contribution is -2.02. The van der Waals surface area contributed by atoms with Gasteiger partial charge in [-0.3, -0.25) is 0 Å². The second-order valence-corrected chi connectivity index (χ2v) is 6.93. The van der Waals surface area contributed by atoms with Crippen LogP contribution in [0.1, 0.15) is 16.8 Å². The lowest BCUT2D eigenvalue weighted by Gasteiger charge is -2.10. The fraction of sp³-hybridized carbons (Fsp3) is 0.222. The number of methoxy groups -OCH3 is 1. The lowest BCUT2D eigenvalue weighted by molar-refractivity contribution is 0.410. The Hall–Kier alpha value is -2.87. The first-order valence-electron chi connectivity index (χ1n) is 8.15. The fourth-order valence-corrected chi connectivity index (χ4v) is 3.57. The van der Waals surface area contributed by atoms with Gasteiger partial charge in [0.2, 0.25) is 5.16 Å². The maximum Gasteiger partial charge on any atom is 0.214 e. The summed E-state index contributed by atoms with van der Waals surface area (Å²) in [7, 11) is 1.64. The fourth-order valence-electron chi connectivity index (χ4n) is 2.80. The van der Waals surface area contributed by atoms with E-state index >= 15 is 0 Å². The van der Waals surface area contributed by atoms with Crippen LogP contribution in [0, 0.1) is 13.8 Å². The van der Waals surface area contributed by atoms with E-state index in [-0.39, 0.29) is 0 Å². The smallest absolute Gasteiger partial charge is 0.214 e. The van der Waals surface area contributed by atoms with E-state index < -0.39 is 0 Å². The molecule has 0 radical (unpaired) electrons. The number of tetrazole rings is 1. The summed E-state index contributed by atoms with van der Waals surface area (Å²) in [6.07, 6.45) is 4.04. The van der Waals surface area contributed by atoms with E-state index in [9.17, 15) is 0 Å². The molecule has 0 unspecified atom stereocenters. The topological polar surface area (TPSA) is 70.1 Å². The van der Waals surface area contributed by atoms with Crippen LogP contribution in [0.4, 0.5) is 0 Å². The number of thioether (sulfide) groups is 1. The Bertz CT molecular complexity index is 1070. The Balaban J connectivity index is 1.61. The molecule has 0 atom stereocenters. The third kappa shape index (κ3) is 3.03. The van der Waals surface area contributed by atoms with Gasteiger partial charge in [-0.1, -0.05) is 23.9 Å². The molecule has 0 saturated heterocycles. The molecule has 1 aromatic carbocycles. The lowest BCUT2D eigenvalue weighted by atomic mass is 10.2. The van der Waals surface area contributed by atoms with Crippen LogP contribution in [0.3, 0.4) is 0 Å². The van der Waals surface area contributed by atoms with Gasteiger partial charge in [0.25, 0.3) is 0 Å². The van der Waals surface area contributed by atoms with E-state index in [1.165, 1.54) is 0 Å². The highest BCUT2D eigenvalue weighted by Crippen LogP contribution is 2.28. The van der Waals surface area contributed by atoms with Gasteiger partial charge in [-0.25, -0.2) is 4.98 Å². The van der Waals surface area contributed by atoms with Gasteiger partial charge in [0.1, 0.15) is 17.1 Å². The molecule has 0 fully saturated rings. The molecule has 132 valence electrons. The Morgan fingerprint density at radius 1 is 1.19 bits per heavy atom. The Morgan fingerprint density at radius 2 is 2.08 bits per heavy atom. The normalized spacial score (nSPS) is 11.2. The summed E-state index contributed by atoms with van der Waals surface area (Å²) in [4.78, 5) is 4.70. The summed E-state index contributed by atoms with van der Waals surface area (Å²) in [6.45, 7) is 4.09. The zero-order valence-electron chi connectivity index (χ0n) is 14.7. The van der Waals surface area contributed by atoms with Crippen molar-refractivity contribution in [2.75, 3.05) is 7.11 Å².